The zero-order chi connectivity index (χ0) is 20.1. The predicted octanol–water partition coefficient (Wildman–Crippen LogP) is 3.31. The van der Waals surface area contributed by atoms with Gasteiger partial charge in [0.1, 0.15) is 5.84 Å². The number of rotatable bonds is 3. The second-order valence-electron chi connectivity index (χ2n) is 7.42. The molecule has 7 heteroatoms. The van der Waals surface area contributed by atoms with Crippen LogP contribution in [0.25, 0.3) is 10.9 Å². The van der Waals surface area contributed by atoms with Crippen LogP contribution in [0.3, 0.4) is 0 Å². The second-order valence-corrected chi connectivity index (χ2v) is 7.42. The Kier molecular flexibility index (Phi) is 3.67. The van der Waals surface area contributed by atoms with E-state index in [1.165, 1.54) is 10.2 Å². The van der Waals surface area contributed by atoms with Crippen LogP contribution in [0, 0.1) is 0 Å². The molecule has 6 rings (SSSR count). The summed E-state index contributed by atoms with van der Waals surface area (Å²) in [5, 5.41) is 5.28. The molecule has 30 heavy (non-hydrogen) atoms. The molecule has 0 N–H and O–H groups in total. The normalized spacial score (nSPS) is 14.7. The summed E-state index contributed by atoms with van der Waals surface area (Å²) >= 11 is 0. The van der Waals surface area contributed by atoms with Crippen molar-refractivity contribution in [3.8, 4) is 0 Å². The highest BCUT2D eigenvalue weighted by atomic mass is 16.2. The molecule has 0 radical (unpaired) electrons. The van der Waals surface area contributed by atoms with Crippen molar-refractivity contribution >= 4 is 34.8 Å². The molecule has 0 bridgehead atoms. The lowest BCUT2D eigenvalue weighted by Gasteiger charge is -2.18. The standard InChI is InChI=1S/C23H18N6O/c30-23(29-22-18(12-26-29)21-24-10-11-27(21)15-25-22)19-14-28(13-16-6-2-1-3-7-16)20-9-5-4-8-17(19)20/h1-9,12,14-15H,10-11,13H2. The Morgan fingerprint density at radius 2 is 1.87 bits per heavy atom. The first-order valence-corrected chi connectivity index (χ1v) is 9.90. The number of aliphatic imine (C=N–C) groups is 2. The van der Waals surface area contributed by atoms with Crippen molar-refractivity contribution in [2.45, 2.75) is 6.54 Å². The van der Waals surface area contributed by atoms with Crippen molar-refractivity contribution < 1.29 is 4.79 Å². The van der Waals surface area contributed by atoms with E-state index >= 15 is 0 Å². The van der Waals surface area contributed by atoms with Gasteiger partial charge in [0, 0.05) is 30.2 Å². The van der Waals surface area contributed by atoms with Gasteiger partial charge in [-0.1, -0.05) is 48.5 Å². The van der Waals surface area contributed by atoms with E-state index in [0.717, 1.165) is 35.4 Å². The highest BCUT2D eigenvalue weighted by Gasteiger charge is 2.29. The summed E-state index contributed by atoms with van der Waals surface area (Å²) in [5.74, 6) is 1.19. The molecule has 4 heterocycles. The van der Waals surface area contributed by atoms with Crippen LogP contribution >= 0.6 is 0 Å². The van der Waals surface area contributed by atoms with Gasteiger partial charge in [-0.05, 0) is 11.6 Å². The number of aromatic nitrogens is 3. The number of para-hydroxylation sites is 1. The first kappa shape index (κ1) is 16.9. The summed E-state index contributed by atoms with van der Waals surface area (Å²) in [7, 11) is 0. The van der Waals surface area contributed by atoms with Gasteiger partial charge in [-0.25, -0.2) is 4.99 Å². The van der Waals surface area contributed by atoms with Crippen LogP contribution in [-0.4, -0.2) is 50.4 Å². The molecule has 2 aliphatic rings. The van der Waals surface area contributed by atoms with Crippen molar-refractivity contribution in [1.29, 1.82) is 0 Å². The average molecular weight is 394 g/mol. The fourth-order valence-electron chi connectivity index (χ4n) is 4.15. The smallest absolute Gasteiger partial charge is 0.282 e. The van der Waals surface area contributed by atoms with Crippen LogP contribution < -0.4 is 0 Å². The summed E-state index contributed by atoms with van der Waals surface area (Å²) in [4.78, 5) is 24.5. The molecule has 0 saturated heterocycles. The van der Waals surface area contributed by atoms with Crippen LogP contribution in [-0.2, 0) is 6.54 Å². The first-order valence-electron chi connectivity index (χ1n) is 9.90. The lowest BCUT2D eigenvalue weighted by atomic mass is 10.1. The maximum absolute atomic E-state index is 13.5. The van der Waals surface area contributed by atoms with E-state index in [9.17, 15) is 4.79 Å². The van der Waals surface area contributed by atoms with E-state index in [1.54, 1.807) is 12.5 Å². The summed E-state index contributed by atoms with van der Waals surface area (Å²) in [6, 6.07) is 18.2. The quantitative estimate of drug-likeness (QED) is 0.535. The van der Waals surface area contributed by atoms with Gasteiger partial charge in [-0.3, -0.25) is 9.79 Å². The largest absolute Gasteiger partial charge is 0.342 e. The number of fused-ring (bicyclic) bond motifs is 4. The van der Waals surface area contributed by atoms with Gasteiger partial charge in [0.2, 0.25) is 0 Å². The minimum absolute atomic E-state index is 0.191. The highest BCUT2D eigenvalue weighted by Crippen LogP contribution is 2.29. The molecule has 146 valence electrons. The Morgan fingerprint density at radius 1 is 1.03 bits per heavy atom. The molecular weight excluding hydrogens is 376 g/mol. The number of carbonyl (C=O) groups excluding carboxylic acids is 1. The molecule has 2 aliphatic heterocycles. The Balaban J connectivity index is 1.44. The maximum atomic E-state index is 13.5. The molecule has 4 aromatic rings. The molecule has 0 saturated carbocycles. The molecule has 0 unspecified atom stereocenters. The van der Waals surface area contributed by atoms with Crippen molar-refractivity contribution in [1.82, 2.24) is 19.2 Å². The Labute approximate surface area is 172 Å². The minimum Gasteiger partial charge on any atom is -0.342 e. The molecular formula is C23H18N6O. The summed E-state index contributed by atoms with van der Waals surface area (Å²) < 4.78 is 3.50. The molecule has 0 atom stereocenters. The van der Waals surface area contributed by atoms with Gasteiger partial charge < -0.3 is 9.47 Å². The number of nitrogens with zero attached hydrogens (tertiary/aromatic N) is 6. The number of carbonyl (C=O) groups is 1. The van der Waals surface area contributed by atoms with E-state index in [4.69, 9.17) is 0 Å². The fourth-order valence-corrected chi connectivity index (χ4v) is 4.15. The van der Waals surface area contributed by atoms with E-state index in [1.807, 2.05) is 53.6 Å². The van der Waals surface area contributed by atoms with Gasteiger partial charge >= 0.3 is 0 Å². The van der Waals surface area contributed by atoms with Crippen LogP contribution in [0.1, 0.15) is 21.5 Å². The minimum atomic E-state index is -0.191. The van der Waals surface area contributed by atoms with Crippen LogP contribution in [0.5, 0.6) is 0 Å². The summed E-state index contributed by atoms with van der Waals surface area (Å²) in [5.41, 5.74) is 3.60. The van der Waals surface area contributed by atoms with Gasteiger partial charge in [-0.15, -0.1) is 0 Å². The van der Waals surface area contributed by atoms with E-state index in [-0.39, 0.29) is 5.91 Å². The fraction of sp³-hybridized carbons (Fsp3) is 0.130. The monoisotopic (exact) mass is 394 g/mol. The molecule has 2 aromatic carbocycles. The van der Waals surface area contributed by atoms with Gasteiger partial charge in [-0.2, -0.15) is 9.78 Å². The lowest BCUT2D eigenvalue weighted by molar-refractivity contribution is 0.0949. The Bertz CT molecular complexity index is 1340. The topological polar surface area (TPSA) is 67.8 Å². The Hall–Kier alpha value is -4.00. The number of amidine groups is 1. The molecule has 7 nitrogen and oxygen atoms in total. The van der Waals surface area contributed by atoms with Crippen LogP contribution in [0.2, 0.25) is 0 Å². The number of benzene rings is 2. The summed E-state index contributed by atoms with van der Waals surface area (Å²) in [6.45, 7) is 2.23. The first-order chi connectivity index (χ1) is 14.8. The number of hydrogen-bond acceptors (Lipinski definition) is 5. The lowest BCUT2D eigenvalue weighted by Crippen LogP contribution is -2.29. The number of hydrogen-bond donors (Lipinski definition) is 0. The van der Waals surface area contributed by atoms with Gasteiger partial charge in [0.25, 0.3) is 5.91 Å². The van der Waals surface area contributed by atoms with Gasteiger partial charge in [0.15, 0.2) is 5.82 Å². The van der Waals surface area contributed by atoms with Crippen molar-refractivity contribution in [2.75, 3.05) is 13.1 Å². The third kappa shape index (κ3) is 2.52. The SMILES string of the molecule is O=C(c1cn(Cc2ccccc2)c2ccccc12)n1ncc2c1N=CN1CCN=C21. The molecule has 0 aliphatic carbocycles. The highest BCUT2D eigenvalue weighted by molar-refractivity contribution is 6.14. The third-order valence-corrected chi connectivity index (χ3v) is 5.59. The van der Waals surface area contributed by atoms with E-state index in [0.29, 0.717) is 17.9 Å². The van der Waals surface area contributed by atoms with Crippen molar-refractivity contribution in [3.05, 3.63) is 83.7 Å². The third-order valence-electron chi connectivity index (χ3n) is 5.59. The molecule has 0 spiro atoms. The average Bonchev–Trinajstić information content (AvgIpc) is 3.51. The molecule has 2 aromatic heterocycles. The van der Waals surface area contributed by atoms with Crippen LogP contribution in [0.15, 0.2) is 77.0 Å². The van der Waals surface area contributed by atoms with Crippen molar-refractivity contribution in [2.24, 2.45) is 9.98 Å². The molecule has 0 amide bonds. The van der Waals surface area contributed by atoms with Crippen molar-refractivity contribution in [3.63, 3.8) is 0 Å². The van der Waals surface area contributed by atoms with E-state index < -0.39 is 0 Å². The summed E-state index contributed by atoms with van der Waals surface area (Å²) in [6.07, 6.45) is 5.34. The zero-order valence-corrected chi connectivity index (χ0v) is 16.1. The molecule has 0 fully saturated rings. The Morgan fingerprint density at radius 3 is 2.77 bits per heavy atom. The van der Waals surface area contributed by atoms with E-state index in [2.05, 4.69) is 31.8 Å². The van der Waals surface area contributed by atoms with Gasteiger partial charge in [0.05, 0.1) is 30.2 Å². The zero-order valence-electron chi connectivity index (χ0n) is 16.1. The van der Waals surface area contributed by atoms with Crippen LogP contribution in [0.4, 0.5) is 5.82 Å². The second kappa shape index (κ2) is 6.52. The maximum Gasteiger partial charge on any atom is 0.282 e. The predicted molar refractivity (Wildman–Crippen MR) is 116 cm³/mol.